The topological polar surface area (TPSA) is 72.2 Å². The van der Waals surface area contributed by atoms with Gasteiger partial charge in [-0.2, -0.15) is 0 Å². The summed E-state index contributed by atoms with van der Waals surface area (Å²) in [6.45, 7) is 6.25. The molecule has 3 N–H and O–H groups in total. The standard InChI is InChI=1S/C15H24N2O2S/c1-10-4-5-15(14(16)9-10)20(18,19)17-13-7-11(2)6-12(3)8-13/h4-5,9,11-13,17H,6-8,16H2,1-3H3. The highest BCUT2D eigenvalue weighted by Gasteiger charge is 2.28. The fourth-order valence-electron chi connectivity index (χ4n) is 3.24. The molecule has 1 fully saturated rings. The van der Waals surface area contributed by atoms with Crippen LogP contribution in [-0.4, -0.2) is 14.5 Å². The lowest BCUT2D eigenvalue weighted by Crippen LogP contribution is -2.40. The van der Waals surface area contributed by atoms with Crippen molar-refractivity contribution < 1.29 is 8.42 Å². The van der Waals surface area contributed by atoms with E-state index in [1.807, 2.05) is 6.92 Å². The van der Waals surface area contributed by atoms with Gasteiger partial charge in [0.05, 0.1) is 5.69 Å². The number of nitrogens with one attached hydrogen (secondary N) is 1. The molecule has 0 radical (unpaired) electrons. The zero-order valence-corrected chi connectivity index (χ0v) is 13.2. The average molecular weight is 296 g/mol. The number of hydrogen-bond donors (Lipinski definition) is 2. The quantitative estimate of drug-likeness (QED) is 0.842. The predicted molar refractivity (Wildman–Crippen MR) is 81.9 cm³/mol. The summed E-state index contributed by atoms with van der Waals surface area (Å²) < 4.78 is 27.7. The molecule has 1 saturated carbocycles. The molecule has 0 aromatic heterocycles. The van der Waals surface area contributed by atoms with Crippen LogP contribution in [0, 0.1) is 18.8 Å². The molecule has 112 valence electrons. The van der Waals surface area contributed by atoms with Crippen molar-refractivity contribution in [2.75, 3.05) is 5.73 Å². The zero-order chi connectivity index (χ0) is 14.9. The Bertz CT molecular complexity index is 574. The summed E-state index contributed by atoms with van der Waals surface area (Å²) in [5.74, 6) is 1.11. The van der Waals surface area contributed by atoms with Crippen molar-refractivity contribution in [2.24, 2.45) is 11.8 Å². The number of benzene rings is 1. The first-order chi connectivity index (χ1) is 9.28. The smallest absolute Gasteiger partial charge is 0.242 e. The molecule has 5 heteroatoms. The van der Waals surface area contributed by atoms with Gasteiger partial charge in [0.1, 0.15) is 4.90 Å². The molecule has 0 saturated heterocycles. The van der Waals surface area contributed by atoms with Crippen molar-refractivity contribution in [3.8, 4) is 0 Å². The van der Waals surface area contributed by atoms with Crippen LogP contribution in [0.15, 0.2) is 23.1 Å². The zero-order valence-electron chi connectivity index (χ0n) is 12.4. The normalized spacial score (nSPS) is 27.4. The van der Waals surface area contributed by atoms with E-state index in [0.717, 1.165) is 18.4 Å². The molecule has 0 bridgehead atoms. The Labute approximate surface area is 121 Å². The first-order valence-corrected chi connectivity index (χ1v) is 8.64. The van der Waals surface area contributed by atoms with Crippen LogP contribution in [0.3, 0.4) is 0 Å². The summed E-state index contributed by atoms with van der Waals surface area (Å²) in [6.07, 6.45) is 2.97. The number of rotatable bonds is 3. The average Bonchev–Trinajstić information content (AvgIpc) is 2.25. The van der Waals surface area contributed by atoms with Gasteiger partial charge in [0.2, 0.25) is 10.0 Å². The number of aryl methyl sites for hydroxylation is 1. The largest absolute Gasteiger partial charge is 0.398 e. The van der Waals surface area contributed by atoms with E-state index in [9.17, 15) is 8.42 Å². The van der Waals surface area contributed by atoms with Crippen molar-refractivity contribution in [1.82, 2.24) is 4.72 Å². The van der Waals surface area contributed by atoms with Crippen LogP contribution in [0.5, 0.6) is 0 Å². The van der Waals surface area contributed by atoms with Crippen molar-refractivity contribution in [2.45, 2.75) is 51.0 Å². The lowest BCUT2D eigenvalue weighted by molar-refractivity contribution is 0.258. The van der Waals surface area contributed by atoms with E-state index in [-0.39, 0.29) is 10.9 Å². The molecule has 1 aromatic carbocycles. The van der Waals surface area contributed by atoms with Gasteiger partial charge in [-0.25, -0.2) is 13.1 Å². The second-order valence-corrected chi connectivity index (χ2v) is 7.96. The molecule has 2 unspecified atom stereocenters. The van der Waals surface area contributed by atoms with E-state index in [0.29, 0.717) is 17.5 Å². The number of nitrogen functional groups attached to an aromatic ring is 1. The molecule has 20 heavy (non-hydrogen) atoms. The molecular formula is C15H24N2O2S. The summed E-state index contributed by atoms with van der Waals surface area (Å²) in [4.78, 5) is 0.189. The van der Waals surface area contributed by atoms with Gasteiger partial charge in [-0.05, 0) is 55.7 Å². The lowest BCUT2D eigenvalue weighted by Gasteiger charge is -2.31. The fraction of sp³-hybridized carbons (Fsp3) is 0.600. The molecule has 0 amide bonds. The number of anilines is 1. The number of sulfonamides is 1. The Balaban J connectivity index is 2.18. The SMILES string of the molecule is Cc1ccc(S(=O)(=O)NC2CC(C)CC(C)C2)c(N)c1. The minimum Gasteiger partial charge on any atom is -0.398 e. The predicted octanol–water partition coefficient (Wildman–Crippen LogP) is 2.68. The van der Waals surface area contributed by atoms with E-state index in [2.05, 4.69) is 18.6 Å². The molecule has 1 aromatic rings. The summed E-state index contributed by atoms with van der Waals surface area (Å²) in [6, 6.07) is 5.07. The van der Waals surface area contributed by atoms with Gasteiger partial charge >= 0.3 is 0 Å². The van der Waals surface area contributed by atoms with Crippen LogP contribution in [-0.2, 0) is 10.0 Å². The first-order valence-electron chi connectivity index (χ1n) is 7.16. The Morgan fingerprint density at radius 2 is 1.75 bits per heavy atom. The highest BCUT2D eigenvalue weighted by atomic mass is 32.2. The molecule has 2 rings (SSSR count). The Kier molecular flexibility index (Phi) is 4.39. The monoisotopic (exact) mass is 296 g/mol. The van der Waals surface area contributed by atoms with Crippen LogP contribution in [0.2, 0.25) is 0 Å². The molecule has 2 atom stereocenters. The van der Waals surface area contributed by atoms with Gasteiger partial charge in [0, 0.05) is 6.04 Å². The third kappa shape index (κ3) is 3.52. The number of nitrogens with two attached hydrogens (primary N) is 1. The molecular weight excluding hydrogens is 272 g/mol. The summed E-state index contributed by atoms with van der Waals surface area (Å²) in [5.41, 5.74) is 7.12. The fourth-order valence-corrected chi connectivity index (χ4v) is 4.61. The molecule has 4 nitrogen and oxygen atoms in total. The minimum absolute atomic E-state index is 0.0134. The molecule has 0 spiro atoms. The second kappa shape index (κ2) is 5.74. The lowest BCUT2D eigenvalue weighted by atomic mass is 9.81. The Morgan fingerprint density at radius 3 is 2.30 bits per heavy atom. The minimum atomic E-state index is -3.53. The van der Waals surface area contributed by atoms with E-state index in [1.165, 1.54) is 6.42 Å². The van der Waals surface area contributed by atoms with Crippen molar-refractivity contribution in [3.05, 3.63) is 23.8 Å². The van der Waals surface area contributed by atoms with Gasteiger partial charge in [-0.15, -0.1) is 0 Å². The van der Waals surface area contributed by atoms with Crippen LogP contribution >= 0.6 is 0 Å². The van der Waals surface area contributed by atoms with E-state index in [4.69, 9.17) is 5.73 Å². The molecule has 1 aliphatic rings. The van der Waals surface area contributed by atoms with Crippen molar-refractivity contribution >= 4 is 15.7 Å². The Hall–Kier alpha value is -1.07. The van der Waals surface area contributed by atoms with Crippen LogP contribution < -0.4 is 10.5 Å². The van der Waals surface area contributed by atoms with Gasteiger partial charge in [-0.3, -0.25) is 0 Å². The maximum atomic E-state index is 12.5. The molecule has 1 aliphatic carbocycles. The second-order valence-electron chi connectivity index (χ2n) is 6.28. The highest BCUT2D eigenvalue weighted by molar-refractivity contribution is 7.89. The summed E-state index contributed by atoms with van der Waals surface area (Å²) in [7, 11) is -3.53. The van der Waals surface area contributed by atoms with Gasteiger partial charge < -0.3 is 5.73 Å². The van der Waals surface area contributed by atoms with Crippen LogP contribution in [0.1, 0.15) is 38.7 Å². The molecule has 0 heterocycles. The highest BCUT2D eigenvalue weighted by Crippen LogP contribution is 2.30. The van der Waals surface area contributed by atoms with Crippen molar-refractivity contribution in [3.63, 3.8) is 0 Å². The first kappa shape index (κ1) is 15.3. The van der Waals surface area contributed by atoms with Gasteiger partial charge in [0.25, 0.3) is 0 Å². The van der Waals surface area contributed by atoms with Gasteiger partial charge in [0.15, 0.2) is 0 Å². The van der Waals surface area contributed by atoms with E-state index >= 15 is 0 Å². The van der Waals surface area contributed by atoms with Gasteiger partial charge in [-0.1, -0.05) is 19.9 Å². The van der Waals surface area contributed by atoms with E-state index in [1.54, 1.807) is 18.2 Å². The molecule has 0 aliphatic heterocycles. The maximum Gasteiger partial charge on any atom is 0.242 e. The third-order valence-corrected chi connectivity index (χ3v) is 5.55. The summed E-state index contributed by atoms with van der Waals surface area (Å²) >= 11 is 0. The summed E-state index contributed by atoms with van der Waals surface area (Å²) in [5, 5.41) is 0. The van der Waals surface area contributed by atoms with Crippen LogP contribution in [0.25, 0.3) is 0 Å². The Morgan fingerprint density at radius 1 is 1.15 bits per heavy atom. The number of hydrogen-bond acceptors (Lipinski definition) is 3. The maximum absolute atomic E-state index is 12.5. The van der Waals surface area contributed by atoms with E-state index < -0.39 is 10.0 Å². The van der Waals surface area contributed by atoms with Crippen molar-refractivity contribution in [1.29, 1.82) is 0 Å². The third-order valence-electron chi connectivity index (χ3n) is 3.96. The van der Waals surface area contributed by atoms with Crippen LogP contribution in [0.4, 0.5) is 5.69 Å².